The molecule has 0 saturated heterocycles. The molecule has 0 spiro atoms. The number of nitrogens with two attached hydrogens (primary N) is 1. The lowest BCUT2D eigenvalue weighted by Crippen LogP contribution is -2.18. The monoisotopic (exact) mass is 310 g/mol. The minimum atomic E-state index is -3.79. The molecule has 0 aliphatic carbocycles. The number of ether oxygens (including phenoxy) is 1. The van der Waals surface area contributed by atoms with Gasteiger partial charge in [0.05, 0.1) is 18.6 Å². The molecule has 0 aliphatic heterocycles. The molecular formula is C13H18N4O3S. The van der Waals surface area contributed by atoms with Gasteiger partial charge in [-0.1, -0.05) is 18.2 Å². The van der Waals surface area contributed by atoms with Crippen molar-refractivity contribution in [3.8, 4) is 0 Å². The standard InChI is InChI=1S/C13H18N4O3S/c1-17-9-15-12(14)13(17)21(18,19)16-11-6-4-3-5-10(11)7-8-20-2/h3-6,9,16H,7-8,14H2,1-2H3. The number of methoxy groups -OCH3 is 1. The summed E-state index contributed by atoms with van der Waals surface area (Å²) in [5, 5.41) is -0.0518. The molecule has 0 atom stereocenters. The van der Waals surface area contributed by atoms with Crippen molar-refractivity contribution in [3.63, 3.8) is 0 Å². The van der Waals surface area contributed by atoms with E-state index in [-0.39, 0.29) is 10.8 Å². The van der Waals surface area contributed by atoms with Crippen molar-refractivity contribution in [1.82, 2.24) is 9.55 Å². The Kier molecular flexibility index (Phi) is 4.49. The summed E-state index contributed by atoms with van der Waals surface area (Å²) in [6.45, 7) is 0.507. The van der Waals surface area contributed by atoms with Crippen molar-refractivity contribution in [2.45, 2.75) is 11.4 Å². The predicted molar refractivity (Wildman–Crippen MR) is 80.5 cm³/mol. The summed E-state index contributed by atoms with van der Waals surface area (Å²) in [7, 11) is -0.616. The van der Waals surface area contributed by atoms with E-state index in [0.717, 1.165) is 5.56 Å². The summed E-state index contributed by atoms with van der Waals surface area (Å²) < 4.78 is 33.9. The highest BCUT2D eigenvalue weighted by Crippen LogP contribution is 2.22. The largest absolute Gasteiger partial charge is 0.384 e. The Hall–Kier alpha value is -2.06. The van der Waals surface area contributed by atoms with Gasteiger partial charge in [-0.3, -0.25) is 4.72 Å². The van der Waals surface area contributed by atoms with E-state index >= 15 is 0 Å². The van der Waals surface area contributed by atoms with Crippen molar-refractivity contribution in [1.29, 1.82) is 0 Å². The van der Waals surface area contributed by atoms with Crippen LogP contribution in [0.15, 0.2) is 35.6 Å². The first-order valence-electron chi connectivity index (χ1n) is 6.32. The highest BCUT2D eigenvalue weighted by molar-refractivity contribution is 7.92. The maximum absolute atomic E-state index is 12.4. The van der Waals surface area contributed by atoms with Crippen molar-refractivity contribution in [3.05, 3.63) is 36.2 Å². The molecule has 8 heteroatoms. The van der Waals surface area contributed by atoms with Crippen LogP contribution < -0.4 is 10.5 Å². The molecule has 2 aromatic rings. The summed E-state index contributed by atoms with van der Waals surface area (Å²) in [5.41, 5.74) is 6.99. The van der Waals surface area contributed by atoms with Gasteiger partial charge in [-0.2, -0.15) is 8.42 Å². The molecular weight excluding hydrogens is 292 g/mol. The van der Waals surface area contributed by atoms with Gasteiger partial charge in [0.2, 0.25) is 0 Å². The Bertz CT molecular complexity index is 705. The van der Waals surface area contributed by atoms with E-state index in [9.17, 15) is 8.42 Å². The van der Waals surface area contributed by atoms with Crippen molar-refractivity contribution < 1.29 is 13.2 Å². The smallest absolute Gasteiger partial charge is 0.281 e. The zero-order chi connectivity index (χ0) is 15.5. The molecule has 0 aliphatic rings. The zero-order valence-corrected chi connectivity index (χ0v) is 12.7. The molecule has 0 unspecified atom stereocenters. The number of hydrogen-bond donors (Lipinski definition) is 2. The lowest BCUT2D eigenvalue weighted by atomic mass is 10.1. The van der Waals surface area contributed by atoms with E-state index in [2.05, 4.69) is 9.71 Å². The van der Waals surface area contributed by atoms with Gasteiger partial charge in [0.1, 0.15) is 0 Å². The number of nitrogens with one attached hydrogen (secondary N) is 1. The maximum Gasteiger partial charge on any atom is 0.281 e. The molecule has 0 radical (unpaired) electrons. The quantitative estimate of drug-likeness (QED) is 0.829. The Labute approximate surface area is 123 Å². The molecule has 1 aromatic carbocycles. The van der Waals surface area contributed by atoms with Gasteiger partial charge in [0.15, 0.2) is 10.8 Å². The fourth-order valence-electron chi connectivity index (χ4n) is 2.01. The van der Waals surface area contributed by atoms with Gasteiger partial charge in [-0.25, -0.2) is 4.98 Å². The van der Waals surface area contributed by atoms with Crippen LogP contribution in [-0.4, -0.2) is 31.7 Å². The minimum Gasteiger partial charge on any atom is -0.384 e. The first-order valence-corrected chi connectivity index (χ1v) is 7.80. The molecule has 0 amide bonds. The SMILES string of the molecule is COCCc1ccccc1NS(=O)(=O)c1c(N)ncn1C. The van der Waals surface area contributed by atoms with E-state index in [1.54, 1.807) is 26.3 Å². The van der Waals surface area contributed by atoms with Gasteiger partial charge in [-0.05, 0) is 18.1 Å². The first kappa shape index (κ1) is 15.3. The summed E-state index contributed by atoms with van der Waals surface area (Å²) in [5.74, 6) is -0.0284. The van der Waals surface area contributed by atoms with Crippen molar-refractivity contribution in [2.75, 3.05) is 24.2 Å². The first-order chi connectivity index (χ1) is 9.95. The van der Waals surface area contributed by atoms with E-state index in [1.807, 2.05) is 12.1 Å². The minimum absolute atomic E-state index is 0.0284. The fourth-order valence-corrected chi connectivity index (χ4v) is 3.35. The number of anilines is 2. The molecule has 3 N–H and O–H groups in total. The number of para-hydroxylation sites is 1. The van der Waals surface area contributed by atoms with Crippen LogP contribution >= 0.6 is 0 Å². The molecule has 2 rings (SSSR count). The van der Waals surface area contributed by atoms with Crippen LogP contribution in [0.5, 0.6) is 0 Å². The number of nitrogens with zero attached hydrogens (tertiary/aromatic N) is 2. The lowest BCUT2D eigenvalue weighted by Gasteiger charge is -2.13. The van der Waals surface area contributed by atoms with Crippen LogP contribution in [-0.2, 0) is 28.2 Å². The van der Waals surface area contributed by atoms with Gasteiger partial charge in [0, 0.05) is 14.2 Å². The molecule has 0 saturated carbocycles. The van der Waals surface area contributed by atoms with Crippen LogP contribution in [0.2, 0.25) is 0 Å². The van der Waals surface area contributed by atoms with Crippen LogP contribution in [0.1, 0.15) is 5.56 Å². The lowest BCUT2D eigenvalue weighted by molar-refractivity contribution is 0.202. The number of hydrogen-bond acceptors (Lipinski definition) is 5. The molecule has 114 valence electrons. The third kappa shape index (κ3) is 3.34. The molecule has 21 heavy (non-hydrogen) atoms. The molecule has 7 nitrogen and oxygen atoms in total. The Balaban J connectivity index is 2.33. The fraction of sp³-hybridized carbons (Fsp3) is 0.308. The zero-order valence-electron chi connectivity index (χ0n) is 11.9. The van der Waals surface area contributed by atoms with E-state index in [0.29, 0.717) is 18.7 Å². The molecule has 0 bridgehead atoms. The van der Waals surface area contributed by atoms with Gasteiger partial charge < -0.3 is 15.0 Å². The highest BCUT2D eigenvalue weighted by Gasteiger charge is 2.23. The molecule has 0 fully saturated rings. The third-order valence-electron chi connectivity index (χ3n) is 3.00. The maximum atomic E-state index is 12.4. The predicted octanol–water partition coefficient (Wildman–Crippen LogP) is 0.992. The van der Waals surface area contributed by atoms with Gasteiger partial charge >= 0.3 is 0 Å². The Morgan fingerprint density at radius 2 is 2.10 bits per heavy atom. The van der Waals surface area contributed by atoms with Crippen LogP contribution in [0.4, 0.5) is 11.5 Å². The van der Waals surface area contributed by atoms with Gasteiger partial charge in [-0.15, -0.1) is 0 Å². The highest BCUT2D eigenvalue weighted by atomic mass is 32.2. The number of rotatable bonds is 6. The van der Waals surface area contributed by atoms with Crippen LogP contribution in [0.25, 0.3) is 0 Å². The van der Waals surface area contributed by atoms with Gasteiger partial charge in [0.25, 0.3) is 10.0 Å². The Morgan fingerprint density at radius 1 is 1.38 bits per heavy atom. The summed E-state index contributed by atoms with van der Waals surface area (Å²) in [6.07, 6.45) is 1.97. The van der Waals surface area contributed by atoms with E-state index < -0.39 is 10.0 Å². The second-order valence-electron chi connectivity index (χ2n) is 4.55. The average molecular weight is 310 g/mol. The van der Waals surface area contributed by atoms with Crippen molar-refractivity contribution >= 4 is 21.5 Å². The van der Waals surface area contributed by atoms with Crippen molar-refractivity contribution in [2.24, 2.45) is 7.05 Å². The second-order valence-corrected chi connectivity index (χ2v) is 6.15. The number of sulfonamides is 1. The summed E-state index contributed by atoms with van der Waals surface area (Å²) in [6, 6.07) is 7.17. The number of nitrogen functional groups attached to an aromatic ring is 1. The number of imidazole rings is 1. The topological polar surface area (TPSA) is 99.2 Å². The Morgan fingerprint density at radius 3 is 2.71 bits per heavy atom. The number of benzene rings is 1. The summed E-state index contributed by atoms with van der Waals surface area (Å²) in [4.78, 5) is 3.80. The normalized spacial score (nSPS) is 11.5. The molecule has 1 heterocycles. The van der Waals surface area contributed by atoms with E-state index in [1.165, 1.54) is 10.9 Å². The summed E-state index contributed by atoms with van der Waals surface area (Å²) >= 11 is 0. The molecule has 1 aromatic heterocycles. The van der Waals surface area contributed by atoms with Crippen LogP contribution in [0, 0.1) is 0 Å². The third-order valence-corrected chi connectivity index (χ3v) is 4.50. The van der Waals surface area contributed by atoms with Crippen LogP contribution in [0.3, 0.4) is 0 Å². The number of aryl methyl sites for hydroxylation is 1. The number of aromatic nitrogens is 2. The second kappa shape index (κ2) is 6.15. The van der Waals surface area contributed by atoms with E-state index in [4.69, 9.17) is 10.5 Å². The average Bonchev–Trinajstić information content (AvgIpc) is 2.77.